The van der Waals surface area contributed by atoms with Crippen LogP contribution in [-0.2, 0) is 13.6 Å². The van der Waals surface area contributed by atoms with E-state index >= 15 is 0 Å². The topological polar surface area (TPSA) is 34.6 Å². The predicted octanol–water partition coefficient (Wildman–Crippen LogP) is 2.50. The molecule has 0 spiro atoms. The molecule has 1 aliphatic heterocycles. The summed E-state index contributed by atoms with van der Waals surface area (Å²) in [5.41, 5.74) is 3.88. The van der Waals surface area contributed by atoms with E-state index in [1.165, 1.54) is 37.4 Å². The second-order valence-corrected chi connectivity index (χ2v) is 6.16. The molecule has 0 aromatic carbocycles. The van der Waals surface area contributed by atoms with Crippen molar-refractivity contribution < 1.29 is 4.57 Å². The summed E-state index contributed by atoms with van der Waals surface area (Å²) in [5, 5.41) is 1.24. The van der Waals surface area contributed by atoms with E-state index in [0.29, 0.717) is 0 Å². The SMILES string of the molecule is Cn1c2[n+](c3sc4ccncc4c31)Cc1ccncc1-2. The largest absolute Gasteiger partial charge is 0.292 e. The molecule has 20 heavy (non-hydrogen) atoms. The minimum atomic E-state index is 0.935. The van der Waals surface area contributed by atoms with E-state index in [4.69, 9.17) is 0 Å². The minimum Gasteiger partial charge on any atom is -0.264 e. The molecule has 5 heteroatoms. The maximum atomic E-state index is 4.28. The fourth-order valence-electron chi connectivity index (χ4n) is 3.21. The normalized spacial score (nSPS) is 13.1. The lowest BCUT2D eigenvalue weighted by Gasteiger charge is -1.94. The minimum absolute atomic E-state index is 0.935. The summed E-state index contributed by atoms with van der Waals surface area (Å²) >= 11 is 1.84. The van der Waals surface area contributed by atoms with E-state index in [9.17, 15) is 0 Å². The Morgan fingerprint density at radius 2 is 2.05 bits per heavy atom. The molecule has 4 nitrogen and oxygen atoms in total. The van der Waals surface area contributed by atoms with E-state index in [1.807, 2.05) is 36.1 Å². The van der Waals surface area contributed by atoms with Crippen molar-refractivity contribution in [2.24, 2.45) is 7.05 Å². The molecule has 5 heterocycles. The van der Waals surface area contributed by atoms with Gasteiger partial charge in [-0.25, -0.2) is 9.13 Å². The number of hydrogen-bond acceptors (Lipinski definition) is 3. The lowest BCUT2D eigenvalue weighted by atomic mass is 10.2. The summed E-state index contributed by atoms with van der Waals surface area (Å²) in [7, 11) is 2.13. The summed E-state index contributed by atoms with van der Waals surface area (Å²) in [6.07, 6.45) is 7.67. The van der Waals surface area contributed by atoms with Crippen LogP contribution in [0, 0.1) is 0 Å². The highest BCUT2D eigenvalue weighted by atomic mass is 32.1. The first-order valence-electron chi connectivity index (χ1n) is 6.52. The molecule has 1 aliphatic rings. The van der Waals surface area contributed by atoms with Gasteiger partial charge in [0.2, 0.25) is 4.83 Å². The monoisotopic (exact) mass is 279 g/mol. The Balaban J connectivity index is 1.98. The third-order valence-electron chi connectivity index (χ3n) is 4.08. The zero-order chi connectivity index (χ0) is 13.3. The molecule has 0 unspecified atom stereocenters. The van der Waals surface area contributed by atoms with Crippen LogP contribution in [0.1, 0.15) is 5.56 Å². The number of imidazole rings is 1. The highest BCUT2D eigenvalue weighted by molar-refractivity contribution is 7.25. The predicted molar refractivity (Wildman–Crippen MR) is 78.6 cm³/mol. The van der Waals surface area contributed by atoms with E-state index in [1.54, 1.807) is 0 Å². The van der Waals surface area contributed by atoms with Crippen molar-refractivity contribution in [3.63, 3.8) is 0 Å². The molecule has 0 amide bonds. The Morgan fingerprint density at radius 1 is 1.20 bits per heavy atom. The highest BCUT2D eigenvalue weighted by Crippen LogP contribution is 2.37. The second-order valence-electron chi connectivity index (χ2n) is 5.13. The first-order chi connectivity index (χ1) is 9.84. The lowest BCUT2D eigenvalue weighted by molar-refractivity contribution is -0.644. The van der Waals surface area contributed by atoms with Gasteiger partial charge in [-0.15, -0.1) is 0 Å². The summed E-state index contributed by atoms with van der Waals surface area (Å²) < 4.78 is 5.97. The number of fused-ring (bicyclic) bond motifs is 7. The van der Waals surface area contributed by atoms with Gasteiger partial charge in [-0.3, -0.25) is 9.97 Å². The van der Waals surface area contributed by atoms with Gasteiger partial charge < -0.3 is 0 Å². The van der Waals surface area contributed by atoms with Gasteiger partial charge in [0, 0.05) is 35.1 Å². The molecule has 5 rings (SSSR count). The lowest BCUT2D eigenvalue weighted by Crippen LogP contribution is -2.30. The Kier molecular flexibility index (Phi) is 1.80. The smallest absolute Gasteiger partial charge is 0.264 e. The van der Waals surface area contributed by atoms with Crippen LogP contribution >= 0.6 is 11.3 Å². The van der Waals surface area contributed by atoms with Gasteiger partial charge in [0.05, 0.1) is 18.0 Å². The maximum absolute atomic E-state index is 4.28. The Morgan fingerprint density at radius 3 is 3.00 bits per heavy atom. The molecule has 0 bridgehead atoms. The number of pyridine rings is 2. The fraction of sp³-hybridized carbons (Fsp3) is 0.133. The molecule has 0 saturated carbocycles. The van der Waals surface area contributed by atoms with Crippen molar-refractivity contribution in [1.29, 1.82) is 0 Å². The molecule has 0 aliphatic carbocycles. The first-order valence-corrected chi connectivity index (χ1v) is 7.34. The van der Waals surface area contributed by atoms with Crippen LogP contribution in [0.25, 0.3) is 31.8 Å². The summed E-state index contributed by atoms with van der Waals surface area (Å²) in [6, 6.07) is 4.21. The third-order valence-corrected chi connectivity index (χ3v) is 5.26. The fourth-order valence-corrected chi connectivity index (χ4v) is 4.41. The van der Waals surface area contributed by atoms with Gasteiger partial charge in [0.1, 0.15) is 6.54 Å². The number of nitrogens with zero attached hydrogens (tertiary/aromatic N) is 4. The van der Waals surface area contributed by atoms with Crippen LogP contribution in [0.5, 0.6) is 0 Å². The molecule has 4 aromatic rings. The molecular weight excluding hydrogens is 268 g/mol. The molecule has 0 radical (unpaired) electrons. The molecule has 0 atom stereocenters. The summed E-state index contributed by atoms with van der Waals surface area (Å²) in [4.78, 5) is 9.87. The van der Waals surface area contributed by atoms with Crippen LogP contribution in [-0.4, -0.2) is 14.5 Å². The molecule has 0 fully saturated rings. The van der Waals surface area contributed by atoms with Crippen LogP contribution in [0.2, 0.25) is 0 Å². The Bertz CT molecular complexity index is 996. The van der Waals surface area contributed by atoms with Crippen LogP contribution < -0.4 is 4.57 Å². The molecular formula is C15H11N4S+. The van der Waals surface area contributed by atoms with Gasteiger partial charge >= 0.3 is 0 Å². The molecule has 4 aromatic heterocycles. The highest BCUT2D eigenvalue weighted by Gasteiger charge is 2.34. The number of aryl methyl sites for hydroxylation is 1. The van der Waals surface area contributed by atoms with E-state index in [0.717, 1.165) is 6.54 Å². The number of aromatic nitrogens is 4. The van der Waals surface area contributed by atoms with Gasteiger partial charge in [0.25, 0.3) is 5.82 Å². The van der Waals surface area contributed by atoms with Crippen molar-refractivity contribution in [3.8, 4) is 11.4 Å². The number of rotatable bonds is 0. The Hall–Kier alpha value is -2.27. The summed E-state index contributed by atoms with van der Waals surface area (Å²) in [6.45, 7) is 0.935. The zero-order valence-electron chi connectivity index (χ0n) is 10.9. The van der Waals surface area contributed by atoms with E-state index < -0.39 is 0 Å². The third kappa shape index (κ3) is 1.10. The number of hydrogen-bond donors (Lipinski definition) is 0. The standard InChI is InChI=1S/C15H11N4S/c1-18-13-11-7-17-5-3-12(11)20-15(13)19-8-9-2-4-16-6-10(9)14(18)19/h2-7H,8H2,1H3/q+1. The summed E-state index contributed by atoms with van der Waals surface area (Å²) in [5.74, 6) is 1.25. The van der Waals surface area contributed by atoms with Crippen LogP contribution in [0.3, 0.4) is 0 Å². The van der Waals surface area contributed by atoms with Crippen molar-refractivity contribution in [2.45, 2.75) is 6.54 Å². The average molecular weight is 279 g/mol. The second kappa shape index (κ2) is 3.43. The van der Waals surface area contributed by atoms with Crippen LogP contribution in [0.15, 0.2) is 36.9 Å². The van der Waals surface area contributed by atoms with Gasteiger partial charge in [0.15, 0.2) is 5.52 Å². The molecule has 96 valence electrons. The van der Waals surface area contributed by atoms with Crippen LogP contribution in [0.4, 0.5) is 0 Å². The first kappa shape index (κ1) is 10.5. The van der Waals surface area contributed by atoms with Gasteiger partial charge in [-0.1, -0.05) is 11.3 Å². The van der Waals surface area contributed by atoms with Gasteiger partial charge in [-0.2, -0.15) is 0 Å². The van der Waals surface area contributed by atoms with Gasteiger partial charge in [-0.05, 0) is 12.1 Å². The zero-order valence-corrected chi connectivity index (χ0v) is 11.7. The average Bonchev–Trinajstić information content (AvgIpc) is 3.10. The van der Waals surface area contributed by atoms with Crippen molar-refractivity contribution in [2.75, 3.05) is 0 Å². The van der Waals surface area contributed by atoms with E-state index in [-0.39, 0.29) is 0 Å². The molecule has 0 N–H and O–H groups in total. The maximum Gasteiger partial charge on any atom is 0.292 e. The quantitative estimate of drug-likeness (QED) is 0.408. The van der Waals surface area contributed by atoms with E-state index in [2.05, 4.69) is 38.3 Å². The van der Waals surface area contributed by atoms with Crippen molar-refractivity contribution in [1.82, 2.24) is 14.5 Å². The van der Waals surface area contributed by atoms with Crippen molar-refractivity contribution >= 4 is 31.8 Å². The Labute approximate surface area is 119 Å². The molecule has 0 saturated heterocycles. The van der Waals surface area contributed by atoms with Crippen molar-refractivity contribution in [3.05, 3.63) is 42.5 Å². The number of thiophene rings is 1.